The molecule has 3 atom stereocenters. The van der Waals surface area contributed by atoms with Gasteiger partial charge >= 0.3 is 17.6 Å². The molecule has 5 aromatic rings. The first kappa shape index (κ1) is 31.8. The van der Waals surface area contributed by atoms with Gasteiger partial charge in [-0.3, -0.25) is 14.2 Å². The van der Waals surface area contributed by atoms with Crippen molar-refractivity contribution in [2.45, 2.75) is 24.9 Å². The van der Waals surface area contributed by atoms with Crippen LogP contribution < -0.4 is 11.2 Å². The molecule has 2 heterocycles. The Bertz CT molecular complexity index is 2060. The Morgan fingerprint density at radius 3 is 1.85 bits per heavy atom. The van der Waals surface area contributed by atoms with Crippen LogP contribution >= 0.6 is 0 Å². The van der Waals surface area contributed by atoms with Crippen molar-refractivity contribution in [3.63, 3.8) is 0 Å². The van der Waals surface area contributed by atoms with Crippen LogP contribution in [0.4, 0.5) is 0 Å². The molecule has 1 aromatic heterocycles. The summed E-state index contributed by atoms with van der Waals surface area (Å²) in [7, 11) is 0. The van der Waals surface area contributed by atoms with Crippen molar-refractivity contribution in [1.82, 2.24) is 9.13 Å². The minimum atomic E-state index is -1.09. The second kappa shape index (κ2) is 14.5. The Hall–Kier alpha value is -6.13. The fourth-order valence-electron chi connectivity index (χ4n) is 5.29. The number of esters is 2. The molecule has 48 heavy (non-hydrogen) atoms. The van der Waals surface area contributed by atoms with E-state index in [9.17, 15) is 24.0 Å². The van der Waals surface area contributed by atoms with Crippen molar-refractivity contribution in [1.29, 1.82) is 0 Å². The summed E-state index contributed by atoms with van der Waals surface area (Å²) < 4.78 is 19.3. The van der Waals surface area contributed by atoms with E-state index in [-0.39, 0.29) is 24.2 Å². The summed E-state index contributed by atoms with van der Waals surface area (Å²) in [6, 6.07) is 33.9. The lowest BCUT2D eigenvalue weighted by Gasteiger charge is -2.19. The Morgan fingerprint density at radius 1 is 0.708 bits per heavy atom. The number of carbonyl (C=O) groups is 3. The van der Waals surface area contributed by atoms with Crippen LogP contribution in [-0.2, 0) is 14.2 Å². The lowest BCUT2D eigenvalue weighted by Crippen LogP contribution is -2.45. The highest BCUT2D eigenvalue weighted by atomic mass is 16.6. The van der Waals surface area contributed by atoms with E-state index < -0.39 is 47.5 Å². The number of hydrogen-bond donors (Lipinski definition) is 0. The van der Waals surface area contributed by atoms with Crippen molar-refractivity contribution in [3.05, 3.63) is 176 Å². The Kier molecular flexibility index (Phi) is 9.64. The summed E-state index contributed by atoms with van der Waals surface area (Å²) >= 11 is 0. The second-order valence-electron chi connectivity index (χ2n) is 11.0. The molecule has 0 N–H and O–H groups in total. The number of rotatable bonds is 9. The minimum Gasteiger partial charge on any atom is -0.459 e. The highest BCUT2D eigenvalue weighted by molar-refractivity contribution is 5.96. The molecule has 4 aromatic carbocycles. The van der Waals surface area contributed by atoms with Crippen LogP contribution in [-0.4, -0.2) is 45.8 Å². The molecule has 1 saturated heterocycles. The molecule has 1 aliphatic rings. The number of ether oxygens (including phenoxy) is 3. The lowest BCUT2D eigenvalue weighted by molar-refractivity contribution is -0.0584. The fourth-order valence-corrected chi connectivity index (χ4v) is 5.29. The molecule has 0 saturated carbocycles. The van der Waals surface area contributed by atoms with E-state index in [0.717, 1.165) is 10.1 Å². The summed E-state index contributed by atoms with van der Waals surface area (Å²) in [6.45, 7) is -0.297. The van der Waals surface area contributed by atoms with Crippen molar-refractivity contribution >= 4 is 30.0 Å². The average molecular weight is 643 g/mol. The summed E-state index contributed by atoms with van der Waals surface area (Å²) in [4.78, 5) is 67.0. The second-order valence-corrected chi connectivity index (χ2v) is 11.0. The highest BCUT2D eigenvalue weighted by Gasteiger charge is 2.41. The quantitative estimate of drug-likeness (QED) is 0.200. The maximum atomic E-state index is 13.9. The van der Waals surface area contributed by atoms with Gasteiger partial charge in [0, 0.05) is 18.2 Å². The van der Waals surface area contributed by atoms with E-state index in [4.69, 9.17) is 14.2 Å². The molecule has 0 radical (unpaired) electrons. The van der Waals surface area contributed by atoms with Crippen LogP contribution in [0.2, 0.25) is 0 Å². The van der Waals surface area contributed by atoms with E-state index >= 15 is 0 Å². The topological polar surface area (TPSA) is 123 Å². The predicted octanol–water partition coefficient (Wildman–Crippen LogP) is 5.24. The number of aromatic nitrogens is 2. The highest BCUT2D eigenvalue weighted by Crippen LogP contribution is 2.31. The van der Waals surface area contributed by atoms with Crippen molar-refractivity contribution < 1.29 is 28.6 Å². The summed E-state index contributed by atoms with van der Waals surface area (Å²) in [5.41, 5.74) is -0.151. The molecule has 240 valence electrons. The molecular formula is C38H30N2O8. The molecule has 1 fully saturated rings. The van der Waals surface area contributed by atoms with Crippen molar-refractivity contribution in [2.75, 3.05) is 6.61 Å². The Morgan fingerprint density at radius 2 is 1.25 bits per heavy atom. The average Bonchev–Trinajstić information content (AvgIpc) is 3.53. The maximum absolute atomic E-state index is 13.9. The minimum absolute atomic E-state index is 0.0361. The SMILES string of the molecule is O=C(OC[C@H]1OC(n2cc(/C=C/c3ccccc3)c(=O)n(C(=O)c3ccccc3)c2=O)C[C@@H]1OC(=O)c1ccccc1)c1ccccc1. The molecule has 1 unspecified atom stereocenters. The lowest BCUT2D eigenvalue weighted by atomic mass is 10.1. The number of benzene rings is 4. The summed E-state index contributed by atoms with van der Waals surface area (Å²) in [6.07, 6.45) is 1.47. The van der Waals surface area contributed by atoms with Gasteiger partial charge in [-0.15, -0.1) is 0 Å². The Labute approximate surface area is 275 Å². The summed E-state index contributed by atoms with van der Waals surface area (Å²) in [5, 5.41) is 0. The smallest absolute Gasteiger partial charge is 0.340 e. The predicted molar refractivity (Wildman–Crippen MR) is 177 cm³/mol. The van der Waals surface area contributed by atoms with Crippen LogP contribution in [0.15, 0.2) is 137 Å². The first-order valence-electron chi connectivity index (χ1n) is 15.2. The van der Waals surface area contributed by atoms with E-state index in [0.29, 0.717) is 15.7 Å². The van der Waals surface area contributed by atoms with Crippen LogP contribution in [0, 0.1) is 0 Å². The number of carbonyl (C=O) groups excluding carboxylic acids is 3. The van der Waals surface area contributed by atoms with Crippen LogP contribution in [0.5, 0.6) is 0 Å². The van der Waals surface area contributed by atoms with Gasteiger partial charge in [-0.05, 0) is 48.0 Å². The largest absolute Gasteiger partial charge is 0.459 e. The van der Waals surface area contributed by atoms with Gasteiger partial charge < -0.3 is 14.2 Å². The van der Waals surface area contributed by atoms with Gasteiger partial charge in [0.05, 0.1) is 16.7 Å². The van der Waals surface area contributed by atoms with Gasteiger partial charge in [0.15, 0.2) is 0 Å². The first-order chi connectivity index (χ1) is 23.4. The molecule has 1 aliphatic heterocycles. The van der Waals surface area contributed by atoms with E-state index in [2.05, 4.69) is 0 Å². The standard InChI is InChI=1S/C38H30N2O8/c41-34(27-15-7-2-8-16-27)40-35(42)30(22-21-26-13-5-1-6-14-26)24-39(38(40)45)33-23-31(48-37(44)29-19-11-4-12-20-29)32(47-33)25-46-36(43)28-17-9-3-10-18-28/h1-22,24,31-33H,23,25H2/b22-21+/t31-,32+,33?/m0/s1. The van der Waals surface area contributed by atoms with Gasteiger partial charge in [0.25, 0.3) is 11.5 Å². The molecule has 10 heteroatoms. The molecule has 0 bridgehead atoms. The van der Waals surface area contributed by atoms with Gasteiger partial charge in [0.1, 0.15) is 25.0 Å². The third-order valence-corrected chi connectivity index (χ3v) is 7.77. The molecule has 0 spiro atoms. The van der Waals surface area contributed by atoms with Crippen LogP contribution in [0.3, 0.4) is 0 Å². The van der Waals surface area contributed by atoms with Gasteiger partial charge in [-0.2, -0.15) is 4.57 Å². The Balaban J connectivity index is 1.36. The zero-order valence-electron chi connectivity index (χ0n) is 25.6. The third-order valence-electron chi connectivity index (χ3n) is 7.77. The normalized spacial score (nSPS) is 17.2. The van der Waals surface area contributed by atoms with Gasteiger partial charge in [-0.25, -0.2) is 14.4 Å². The number of hydrogen-bond acceptors (Lipinski definition) is 8. The van der Waals surface area contributed by atoms with Crippen LogP contribution in [0.1, 0.15) is 54.8 Å². The zero-order chi connectivity index (χ0) is 33.5. The molecule has 0 aliphatic carbocycles. The summed E-state index contributed by atoms with van der Waals surface area (Å²) in [5.74, 6) is -2.05. The maximum Gasteiger partial charge on any atom is 0.340 e. The zero-order valence-corrected chi connectivity index (χ0v) is 25.6. The molecule has 0 amide bonds. The van der Waals surface area contributed by atoms with E-state index in [1.807, 2.05) is 30.3 Å². The van der Waals surface area contributed by atoms with Gasteiger partial charge in [-0.1, -0.05) is 91.0 Å². The third kappa shape index (κ3) is 7.14. The number of nitrogens with zero attached hydrogens (tertiary/aromatic N) is 2. The van der Waals surface area contributed by atoms with Crippen molar-refractivity contribution in [3.8, 4) is 0 Å². The molecule has 6 rings (SSSR count). The fraction of sp³-hybridized carbons (Fsp3) is 0.132. The monoisotopic (exact) mass is 642 g/mol. The molecule has 10 nitrogen and oxygen atoms in total. The van der Waals surface area contributed by atoms with E-state index in [1.54, 1.807) is 84.9 Å². The molecular weight excluding hydrogens is 612 g/mol. The van der Waals surface area contributed by atoms with Crippen LogP contribution in [0.25, 0.3) is 12.2 Å². The van der Waals surface area contributed by atoms with Gasteiger partial charge in [0.2, 0.25) is 0 Å². The van der Waals surface area contributed by atoms with Crippen molar-refractivity contribution in [2.24, 2.45) is 0 Å². The first-order valence-corrected chi connectivity index (χ1v) is 15.2. The van der Waals surface area contributed by atoms with E-state index in [1.165, 1.54) is 24.4 Å².